The van der Waals surface area contributed by atoms with Crippen molar-refractivity contribution >= 4 is 6.09 Å². The normalized spacial score (nSPS) is 19.9. The summed E-state index contributed by atoms with van der Waals surface area (Å²) in [5.41, 5.74) is 5.20. The molecule has 1 amide bonds. The van der Waals surface area contributed by atoms with E-state index in [0.29, 0.717) is 18.7 Å². The Morgan fingerprint density at radius 1 is 1.40 bits per heavy atom. The van der Waals surface area contributed by atoms with Crippen molar-refractivity contribution in [2.45, 2.75) is 12.1 Å². The molecule has 1 saturated heterocycles. The summed E-state index contributed by atoms with van der Waals surface area (Å²) in [7, 11) is 0. The molecule has 0 aromatic heterocycles. The molecule has 1 aliphatic rings. The number of carbonyl (C=O) groups excluding carboxylic acids is 1. The van der Waals surface area contributed by atoms with Gasteiger partial charge in [0.25, 0.3) is 0 Å². The second-order valence-electron chi connectivity index (χ2n) is 4.63. The fourth-order valence-electron chi connectivity index (χ4n) is 2.17. The van der Waals surface area contributed by atoms with Crippen molar-refractivity contribution < 1.29 is 22.7 Å². The Morgan fingerprint density at radius 3 is 2.80 bits per heavy atom. The zero-order valence-corrected chi connectivity index (χ0v) is 10.7. The Bertz CT molecular complexity index is 491. The number of amides is 1. The highest BCUT2D eigenvalue weighted by atomic mass is 19.4. The highest BCUT2D eigenvalue weighted by Gasteiger charge is 2.32. The molecular formula is C13H15F3N2O2. The van der Waals surface area contributed by atoms with Gasteiger partial charge >= 0.3 is 12.3 Å². The number of nitrogens with two attached hydrogens (primary N) is 1. The van der Waals surface area contributed by atoms with E-state index in [2.05, 4.69) is 0 Å². The molecule has 0 radical (unpaired) electrons. The predicted octanol–water partition coefficient (Wildman–Crippen LogP) is 2.20. The van der Waals surface area contributed by atoms with Crippen LogP contribution in [0.5, 0.6) is 0 Å². The average molecular weight is 288 g/mol. The van der Waals surface area contributed by atoms with Crippen LogP contribution in [-0.4, -0.2) is 37.2 Å². The first-order valence-electron chi connectivity index (χ1n) is 6.20. The van der Waals surface area contributed by atoms with E-state index in [1.54, 1.807) is 6.07 Å². The smallest absolute Gasteiger partial charge is 0.416 e. The van der Waals surface area contributed by atoms with Gasteiger partial charge in [0.15, 0.2) is 0 Å². The lowest BCUT2D eigenvalue weighted by Crippen LogP contribution is -2.44. The Balaban J connectivity index is 2.17. The third-order valence-electron chi connectivity index (χ3n) is 3.19. The second-order valence-corrected chi connectivity index (χ2v) is 4.63. The Labute approximate surface area is 114 Å². The topological polar surface area (TPSA) is 55.6 Å². The minimum Gasteiger partial charge on any atom is -0.449 e. The van der Waals surface area contributed by atoms with Gasteiger partial charge in [-0.15, -0.1) is 0 Å². The Hall–Kier alpha value is -1.76. The largest absolute Gasteiger partial charge is 0.449 e. The van der Waals surface area contributed by atoms with Crippen molar-refractivity contribution in [1.82, 2.24) is 4.90 Å². The van der Waals surface area contributed by atoms with Gasteiger partial charge in [-0.3, -0.25) is 0 Å². The van der Waals surface area contributed by atoms with Gasteiger partial charge in [0.2, 0.25) is 0 Å². The van der Waals surface area contributed by atoms with Crippen LogP contribution < -0.4 is 5.73 Å². The minimum absolute atomic E-state index is 0.0845. The minimum atomic E-state index is -4.38. The van der Waals surface area contributed by atoms with E-state index < -0.39 is 17.8 Å². The van der Waals surface area contributed by atoms with Gasteiger partial charge < -0.3 is 15.4 Å². The second kappa shape index (κ2) is 5.70. The van der Waals surface area contributed by atoms with E-state index in [-0.39, 0.29) is 19.1 Å². The maximum Gasteiger partial charge on any atom is 0.416 e. The summed E-state index contributed by atoms with van der Waals surface area (Å²) < 4.78 is 43.0. The molecule has 1 heterocycles. The summed E-state index contributed by atoms with van der Waals surface area (Å²) in [5.74, 6) is -0.276. The number of rotatable bonds is 3. The van der Waals surface area contributed by atoms with Crippen LogP contribution >= 0.6 is 0 Å². The molecule has 1 aliphatic heterocycles. The zero-order chi connectivity index (χ0) is 14.8. The van der Waals surface area contributed by atoms with Crippen LogP contribution in [0.1, 0.15) is 17.0 Å². The lowest BCUT2D eigenvalue weighted by Gasteiger charge is -2.32. The van der Waals surface area contributed by atoms with Gasteiger partial charge in [-0.25, -0.2) is 4.79 Å². The van der Waals surface area contributed by atoms with Crippen molar-refractivity contribution in [2.75, 3.05) is 26.2 Å². The standard InChI is InChI=1S/C13H15F3N2O2/c14-13(15,16)11-3-1-2-9(6-11)10-7-18(5-4-17)12(19)20-8-10/h1-3,6,10H,4-5,7-8,17H2. The average Bonchev–Trinajstić information content (AvgIpc) is 2.41. The molecule has 0 saturated carbocycles. The van der Waals surface area contributed by atoms with Crippen LogP contribution in [0, 0.1) is 0 Å². The molecule has 2 N–H and O–H groups in total. The summed E-state index contributed by atoms with van der Waals surface area (Å²) in [4.78, 5) is 12.9. The van der Waals surface area contributed by atoms with Crippen LogP contribution in [-0.2, 0) is 10.9 Å². The van der Waals surface area contributed by atoms with Crippen molar-refractivity contribution in [2.24, 2.45) is 5.73 Å². The monoisotopic (exact) mass is 288 g/mol. The number of alkyl halides is 3. The maximum atomic E-state index is 12.7. The molecule has 1 unspecified atom stereocenters. The predicted molar refractivity (Wildman–Crippen MR) is 66.2 cm³/mol. The van der Waals surface area contributed by atoms with E-state index in [1.807, 2.05) is 0 Å². The zero-order valence-electron chi connectivity index (χ0n) is 10.7. The molecule has 20 heavy (non-hydrogen) atoms. The van der Waals surface area contributed by atoms with E-state index >= 15 is 0 Å². The molecule has 0 spiro atoms. The number of carbonyl (C=O) groups is 1. The fraction of sp³-hybridized carbons (Fsp3) is 0.462. The maximum absolute atomic E-state index is 12.7. The van der Waals surface area contributed by atoms with Crippen LogP contribution in [0.15, 0.2) is 24.3 Å². The Morgan fingerprint density at radius 2 is 2.15 bits per heavy atom. The van der Waals surface area contributed by atoms with Gasteiger partial charge in [0.05, 0.1) is 5.56 Å². The summed E-state index contributed by atoms with van der Waals surface area (Å²) in [6.45, 7) is 1.01. The van der Waals surface area contributed by atoms with E-state index in [4.69, 9.17) is 10.5 Å². The molecular weight excluding hydrogens is 273 g/mol. The first kappa shape index (κ1) is 14.6. The highest BCUT2D eigenvalue weighted by Crippen LogP contribution is 2.32. The molecule has 7 heteroatoms. The van der Waals surface area contributed by atoms with Gasteiger partial charge in [-0.05, 0) is 11.6 Å². The van der Waals surface area contributed by atoms with Gasteiger partial charge in [0, 0.05) is 25.6 Å². The number of hydrogen-bond acceptors (Lipinski definition) is 3. The van der Waals surface area contributed by atoms with Crippen LogP contribution in [0.4, 0.5) is 18.0 Å². The van der Waals surface area contributed by atoms with Crippen LogP contribution in [0.25, 0.3) is 0 Å². The first-order chi connectivity index (χ1) is 9.41. The number of cyclic esters (lactones) is 1. The quantitative estimate of drug-likeness (QED) is 0.927. The number of nitrogens with zero attached hydrogens (tertiary/aromatic N) is 1. The molecule has 0 bridgehead atoms. The van der Waals surface area contributed by atoms with Gasteiger partial charge in [-0.1, -0.05) is 18.2 Å². The summed E-state index contributed by atoms with van der Waals surface area (Å²) in [5, 5.41) is 0. The lowest BCUT2D eigenvalue weighted by atomic mass is 9.96. The summed E-state index contributed by atoms with van der Waals surface area (Å²) in [6, 6.07) is 5.10. The Kier molecular flexibility index (Phi) is 4.17. The van der Waals surface area contributed by atoms with Crippen LogP contribution in [0.2, 0.25) is 0 Å². The van der Waals surface area contributed by atoms with Crippen LogP contribution in [0.3, 0.4) is 0 Å². The van der Waals surface area contributed by atoms with E-state index in [9.17, 15) is 18.0 Å². The van der Waals surface area contributed by atoms with Gasteiger partial charge in [-0.2, -0.15) is 13.2 Å². The number of benzene rings is 1. The van der Waals surface area contributed by atoms with E-state index in [1.165, 1.54) is 11.0 Å². The highest BCUT2D eigenvalue weighted by molar-refractivity contribution is 5.68. The SMILES string of the molecule is NCCN1CC(c2cccc(C(F)(F)F)c2)COC1=O. The lowest BCUT2D eigenvalue weighted by molar-refractivity contribution is -0.137. The third-order valence-corrected chi connectivity index (χ3v) is 3.19. The van der Waals surface area contributed by atoms with Crippen molar-refractivity contribution in [3.8, 4) is 0 Å². The molecule has 1 atom stereocenters. The molecule has 110 valence electrons. The number of ether oxygens (including phenoxy) is 1. The van der Waals surface area contributed by atoms with Crippen molar-refractivity contribution in [1.29, 1.82) is 0 Å². The number of halogens is 3. The molecule has 1 fully saturated rings. The molecule has 2 rings (SSSR count). The molecule has 4 nitrogen and oxygen atoms in total. The fourth-order valence-corrected chi connectivity index (χ4v) is 2.17. The number of hydrogen-bond donors (Lipinski definition) is 1. The van der Waals surface area contributed by atoms with Gasteiger partial charge in [0.1, 0.15) is 6.61 Å². The summed E-state index contributed by atoms with van der Waals surface area (Å²) in [6.07, 6.45) is -4.85. The molecule has 1 aromatic rings. The van der Waals surface area contributed by atoms with E-state index in [0.717, 1.165) is 12.1 Å². The molecule has 0 aliphatic carbocycles. The first-order valence-corrected chi connectivity index (χ1v) is 6.20. The van der Waals surface area contributed by atoms with Crippen molar-refractivity contribution in [3.05, 3.63) is 35.4 Å². The van der Waals surface area contributed by atoms with Crippen molar-refractivity contribution in [3.63, 3.8) is 0 Å². The molecule has 1 aromatic carbocycles. The third kappa shape index (κ3) is 3.22. The summed E-state index contributed by atoms with van der Waals surface area (Å²) >= 11 is 0.